The van der Waals surface area contributed by atoms with Gasteiger partial charge in [0.15, 0.2) is 5.00 Å². The van der Waals surface area contributed by atoms with Gasteiger partial charge in [-0.1, -0.05) is 35.9 Å². The van der Waals surface area contributed by atoms with E-state index in [4.69, 9.17) is 16.3 Å². The standard InChI is InChI=1S/C17H14ClN3O2S/c1-11-5-2-3-8-14(11)21-16-15(19-10-24-16)23-17(22)20-13-7-4-6-12(18)9-13/h2-10,21H,1H3,(H,20,22). The number of carbonyl (C=O) groups is 1. The number of aryl methyl sites for hydroxylation is 1. The first kappa shape index (κ1) is 16.3. The first-order valence-electron chi connectivity index (χ1n) is 7.12. The Morgan fingerprint density at radius 1 is 1.21 bits per heavy atom. The number of halogens is 1. The van der Waals surface area contributed by atoms with Gasteiger partial charge in [-0.05, 0) is 36.8 Å². The van der Waals surface area contributed by atoms with Crippen molar-refractivity contribution in [3.8, 4) is 5.88 Å². The molecule has 1 heterocycles. The van der Waals surface area contributed by atoms with Crippen LogP contribution in [0, 0.1) is 6.92 Å². The Morgan fingerprint density at radius 3 is 2.83 bits per heavy atom. The van der Waals surface area contributed by atoms with Crippen LogP contribution in [0.15, 0.2) is 54.0 Å². The van der Waals surface area contributed by atoms with Crippen LogP contribution in [-0.4, -0.2) is 11.1 Å². The summed E-state index contributed by atoms with van der Waals surface area (Å²) in [7, 11) is 0. The van der Waals surface area contributed by atoms with Crippen LogP contribution in [0.2, 0.25) is 5.02 Å². The van der Waals surface area contributed by atoms with Crippen LogP contribution in [0.1, 0.15) is 5.56 Å². The number of hydrogen-bond donors (Lipinski definition) is 2. The molecule has 2 N–H and O–H groups in total. The first-order valence-corrected chi connectivity index (χ1v) is 8.38. The van der Waals surface area contributed by atoms with Gasteiger partial charge in [-0.25, -0.2) is 9.78 Å². The Labute approximate surface area is 148 Å². The fraction of sp³-hybridized carbons (Fsp3) is 0.0588. The molecule has 0 unspecified atom stereocenters. The average molecular weight is 360 g/mol. The predicted molar refractivity (Wildman–Crippen MR) is 97.7 cm³/mol. The number of benzene rings is 2. The van der Waals surface area contributed by atoms with Gasteiger partial charge >= 0.3 is 6.09 Å². The maximum absolute atomic E-state index is 12.0. The van der Waals surface area contributed by atoms with Gasteiger partial charge in [-0.2, -0.15) is 0 Å². The third kappa shape index (κ3) is 4.04. The molecule has 7 heteroatoms. The first-order chi connectivity index (χ1) is 11.6. The van der Waals surface area contributed by atoms with E-state index in [1.54, 1.807) is 29.8 Å². The second kappa shape index (κ2) is 7.33. The molecule has 0 bridgehead atoms. The summed E-state index contributed by atoms with van der Waals surface area (Å²) < 4.78 is 5.29. The van der Waals surface area contributed by atoms with E-state index in [1.165, 1.54) is 11.3 Å². The minimum atomic E-state index is -0.629. The van der Waals surface area contributed by atoms with Crippen LogP contribution < -0.4 is 15.4 Å². The van der Waals surface area contributed by atoms with Crippen molar-refractivity contribution in [2.75, 3.05) is 10.6 Å². The molecular formula is C17H14ClN3O2S. The average Bonchev–Trinajstić information content (AvgIpc) is 2.96. The normalized spacial score (nSPS) is 10.2. The number of ether oxygens (including phenoxy) is 1. The van der Waals surface area contributed by atoms with Gasteiger partial charge in [0, 0.05) is 16.4 Å². The van der Waals surface area contributed by atoms with E-state index in [0.29, 0.717) is 15.7 Å². The highest BCUT2D eigenvalue weighted by Crippen LogP contribution is 2.32. The molecule has 0 saturated carbocycles. The van der Waals surface area contributed by atoms with Crippen molar-refractivity contribution in [3.05, 3.63) is 64.6 Å². The zero-order valence-electron chi connectivity index (χ0n) is 12.7. The Balaban J connectivity index is 1.69. The second-order valence-corrected chi connectivity index (χ2v) is 6.24. The molecule has 5 nitrogen and oxygen atoms in total. The number of anilines is 3. The lowest BCUT2D eigenvalue weighted by molar-refractivity contribution is 0.214. The van der Waals surface area contributed by atoms with Crippen LogP contribution in [-0.2, 0) is 0 Å². The molecule has 0 atom stereocenters. The maximum atomic E-state index is 12.0. The number of carbonyl (C=O) groups excluding carboxylic acids is 1. The largest absolute Gasteiger partial charge is 0.418 e. The van der Waals surface area contributed by atoms with Gasteiger partial charge in [0.05, 0.1) is 5.51 Å². The van der Waals surface area contributed by atoms with E-state index in [0.717, 1.165) is 11.3 Å². The summed E-state index contributed by atoms with van der Waals surface area (Å²) >= 11 is 7.24. The van der Waals surface area contributed by atoms with Crippen molar-refractivity contribution >= 4 is 45.4 Å². The quantitative estimate of drug-likeness (QED) is 0.649. The van der Waals surface area contributed by atoms with Crippen molar-refractivity contribution in [1.29, 1.82) is 0 Å². The highest BCUT2D eigenvalue weighted by atomic mass is 35.5. The Bertz CT molecular complexity index is 866. The minimum Gasteiger partial charge on any atom is -0.388 e. The predicted octanol–water partition coefficient (Wildman–Crippen LogP) is 5.46. The molecule has 2 aromatic carbocycles. The summed E-state index contributed by atoms with van der Waals surface area (Å²) in [5.74, 6) is 0.225. The number of hydrogen-bond acceptors (Lipinski definition) is 5. The van der Waals surface area contributed by atoms with Gasteiger partial charge in [0.2, 0.25) is 0 Å². The van der Waals surface area contributed by atoms with Crippen molar-refractivity contribution in [3.63, 3.8) is 0 Å². The summed E-state index contributed by atoms with van der Waals surface area (Å²) in [4.78, 5) is 16.1. The van der Waals surface area contributed by atoms with E-state index in [9.17, 15) is 4.79 Å². The number of nitrogens with zero attached hydrogens (tertiary/aromatic N) is 1. The molecule has 0 aliphatic heterocycles. The Kier molecular flexibility index (Phi) is 4.98. The summed E-state index contributed by atoms with van der Waals surface area (Å²) in [6, 6.07) is 14.7. The molecule has 0 spiro atoms. The molecule has 3 rings (SSSR count). The van der Waals surface area contributed by atoms with Crippen molar-refractivity contribution in [2.24, 2.45) is 0 Å². The molecule has 3 aromatic rings. The van der Waals surface area contributed by atoms with Gasteiger partial charge in [-0.3, -0.25) is 5.32 Å². The summed E-state index contributed by atoms with van der Waals surface area (Å²) in [6.45, 7) is 2.00. The van der Waals surface area contributed by atoms with E-state index >= 15 is 0 Å². The zero-order chi connectivity index (χ0) is 16.9. The van der Waals surface area contributed by atoms with Crippen LogP contribution >= 0.6 is 22.9 Å². The van der Waals surface area contributed by atoms with E-state index in [-0.39, 0.29) is 5.88 Å². The molecule has 0 saturated heterocycles. The number of para-hydroxylation sites is 1. The second-order valence-electron chi connectivity index (χ2n) is 4.95. The van der Waals surface area contributed by atoms with Crippen LogP contribution in [0.4, 0.5) is 21.2 Å². The van der Waals surface area contributed by atoms with Crippen LogP contribution in [0.3, 0.4) is 0 Å². The van der Waals surface area contributed by atoms with Gasteiger partial charge in [0.25, 0.3) is 5.88 Å². The SMILES string of the molecule is Cc1ccccc1Nc1scnc1OC(=O)Nc1cccc(Cl)c1. The van der Waals surface area contributed by atoms with E-state index < -0.39 is 6.09 Å². The lowest BCUT2D eigenvalue weighted by atomic mass is 10.2. The molecule has 24 heavy (non-hydrogen) atoms. The summed E-state index contributed by atoms with van der Waals surface area (Å²) in [6.07, 6.45) is -0.629. The minimum absolute atomic E-state index is 0.225. The molecule has 0 radical (unpaired) electrons. The fourth-order valence-corrected chi connectivity index (χ4v) is 2.83. The zero-order valence-corrected chi connectivity index (χ0v) is 14.3. The van der Waals surface area contributed by atoms with E-state index in [2.05, 4.69) is 15.6 Å². The third-order valence-corrected chi connectivity index (χ3v) is 4.15. The topological polar surface area (TPSA) is 63.3 Å². The third-order valence-electron chi connectivity index (χ3n) is 3.19. The van der Waals surface area contributed by atoms with Crippen LogP contribution in [0.25, 0.3) is 0 Å². The highest BCUT2D eigenvalue weighted by molar-refractivity contribution is 7.14. The Hall–Kier alpha value is -2.57. The van der Waals surface area contributed by atoms with Crippen molar-refractivity contribution < 1.29 is 9.53 Å². The number of amides is 1. The van der Waals surface area contributed by atoms with Gasteiger partial charge in [0.1, 0.15) is 0 Å². The van der Waals surface area contributed by atoms with E-state index in [1.807, 2.05) is 31.2 Å². The number of thiazole rings is 1. The summed E-state index contributed by atoms with van der Waals surface area (Å²) in [5, 5.41) is 7.03. The van der Waals surface area contributed by atoms with Crippen molar-refractivity contribution in [2.45, 2.75) is 6.92 Å². The smallest absolute Gasteiger partial charge is 0.388 e. The maximum Gasteiger partial charge on any atom is 0.418 e. The molecular weight excluding hydrogens is 346 g/mol. The number of nitrogens with one attached hydrogen (secondary N) is 2. The number of rotatable bonds is 4. The molecule has 0 fully saturated rings. The Morgan fingerprint density at radius 2 is 2.04 bits per heavy atom. The van der Waals surface area contributed by atoms with Crippen molar-refractivity contribution in [1.82, 2.24) is 4.98 Å². The molecule has 1 amide bonds. The summed E-state index contributed by atoms with van der Waals surface area (Å²) in [5.41, 5.74) is 4.18. The fourth-order valence-electron chi connectivity index (χ4n) is 2.02. The highest BCUT2D eigenvalue weighted by Gasteiger charge is 2.13. The monoisotopic (exact) mass is 359 g/mol. The van der Waals surface area contributed by atoms with Gasteiger partial charge < -0.3 is 10.1 Å². The lowest BCUT2D eigenvalue weighted by Gasteiger charge is -2.09. The molecule has 0 aliphatic carbocycles. The van der Waals surface area contributed by atoms with Crippen LogP contribution in [0.5, 0.6) is 5.88 Å². The van der Waals surface area contributed by atoms with Gasteiger partial charge in [-0.15, -0.1) is 11.3 Å². The molecule has 0 aliphatic rings. The lowest BCUT2D eigenvalue weighted by Crippen LogP contribution is -2.17. The molecule has 122 valence electrons. The molecule has 1 aromatic heterocycles. The number of aromatic nitrogens is 1.